The van der Waals surface area contributed by atoms with Gasteiger partial charge >= 0.3 is 0 Å². The van der Waals surface area contributed by atoms with E-state index in [1.807, 2.05) is 19.2 Å². The summed E-state index contributed by atoms with van der Waals surface area (Å²) in [5.74, 6) is 0.225. The molecule has 0 saturated carbocycles. The second-order valence-corrected chi connectivity index (χ2v) is 7.59. The second-order valence-electron chi connectivity index (χ2n) is 7.59. The van der Waals surface area contributed by atoms with Crippen molar-refractivity contribution >= 4 is 16.8 Å². The van der Waals surface area contributed by atoms with Gasteiger partial charge in [0.1, 0.15) is 0 Å². The summed E-state index contributed by atoms with van der Waals surface area (Å²) in [4.78, 5) is 15.2. The van der Waals surface area contributed by atoms with Gasteiger partial charge in [-0.15, -0.1) is 0 Å². The van der Waals surface area contributed by atoms with E-state index in [2.05, 4.69) is 34.7 Å². The molecule has 0 spiro atoms. The zero-order chi connectivity index (χ0) is 16.9. The summed E-state index contributed by atoms with van der Waals surface area (Å²) in [6.45, 7) is 2.34. The molecule has 3 atom stereocenters. The molecule has 1 amide bonds. The molecule has 2 bridgehead atoms. The van der Waals surface area contributed by atoms with Crippen LogP contribution in [0, 0.1) is 5.41 Å². The number of aliphatic hydroxyl groups is 1. The minimum atomic E-state index is -0.0721. The molecule has 1 aromatic heterocycles. The Hall–Kier alpha value is -1.81. The Bertz CT molecular complexity index is 775. The van der Waals surface area contributed by atoms with Gasteiger partial charge in [0.05, 0.1) is 13.0 Å². The van der Waals surface area contributed by atoms with Crippen LogP contribution in [0.5, 0.6) is 0 Å². The average Bonchev–Trinajstić information content (AvgIpc) is 3.26. The van der Waals surface area contributed by atoms with Gasteiger partial charge in [0.2, 0.25) is 5.91 Å². The molecule has 2 aromatic rings. The third kappa shape index (κ3) is 2.12. The molecule has 2 aliphatic heterocycles. The van der Waals surface area contributed by atoms with Crippen molar-refractivity contribution in [3.05, 3.63) is 36.0 Å². The number of carbonyl (C=O) groups excluding carboxylic acids is 1. The zero-order valence-corrected chi connectivity index (χ0v) is 14.5. The van der Waals surface area contributed by atoms with E-state index in [4.69, 9.17) is 0 Å². The van der Waals surface area contributed by atoms with Gasteiger partial charge in [-0.2, -0.15) is 0 Å². The molecule has 4 heteroatoms. The lowest BCUT2D eigenvalue weighted by molar-refractivity contribution is -0.132. The fourth-order valence-electron chi connectivity index (χ4n) is 5.15. The highest BCUT2D eigenvalue weighted by atomic mass is 16.3. The van der Waals surface area contributed by atoms with Crippen molar-refractivity contribution in [1.29, 1.82) is 0 Å². The highest BCUT2D eigenvalue weighted by Gasteiger charge is 2.56. The van der Waals surface area contributed by atoms with Crippen LogP contribution in [0.3, 0.4) is 0 Å². The molecule has 0 aliphatic carbocycles. The van der Waals surface area contributed by atoms with Crippen LogP contribution in [-0.2, 0) is 18.3 Å². The highest BCUT2D eigenvalue weighted by molar-refractivity contribution is 5.89. The number of amides is 1. The van der Waals surface area contributed by atoms with E-state index >= 15 is 0 Å². The summed E-state index contributed by atoms with van der Waals surface area (Å²) in [7, 11) is 2.03. The molecule has 2 saturated heterocycles. The van der Waals surface area contributed by atoms with Crippen LogP contribution in [0.15, 0.2) is 30.5 Å². The van der Waals surface area contributed by atoms with Crippen LogP contribution in [0.25, 0.3) is 10.9 Å². The molecule has 0 radical (unpaired) electrons. The number of fused-ring (bicyclic) bond motifs is 3. The monoisotopic (exact) mass is 326 g/mol. The van der Waals surface area contributed by atoms with E-state index in [-0.39, 0.29) is 24.0 Å². The minimum Gasteiger partial charge on any atom is -0.396 e. The Morgan fingerprint density at radius 1 is 1.33 bits per heavy atom. The van der Waals surface area contributed by atoms with Crippen LogP contribution >= 0.6 is 0 Å². The zero-order valence-electron chi connectivity index (χ0n) is 14.5. The molecular formula is C20H26N2O2. The maximum absolute atomic E-state index is 13.1. The van der Waals surface area contributed by atoms with Gasteiger partial charge in [-0.3, -0.25) is 4.79 Å². The molecule has 2 fully saturated rings. The van der Waals surface area contributed by atoms with Crippen molar-refractivity contribution in [2.24, 2.45) is 12.5 Å². The first-order valence-corrected chi connectivity index (χ1v) is 9.04. The molecule has 24 heavy (non-hydrogen) atoms. The first-order chi connectivity index (χ1) is 11.6. The summed E-state index contributed by atoms with van der Waals surface area (Å²) in [6.07, 6.45) is 6.59. The molecule has 2 aliphatic rings. The van der Waals surface area contributed by atoms with Crippen LogP contribution in [0.2, 0.25) is 0 Å². The van der Waals surface area contributed by atoms with Crippen LogP contribution in [-0.4, -0.2) is 39.2 Å². The predicted molar refractivity (Wildman–Crippen MR) is 94.7 cm³/mol. The quantitative estimate of drug-likeness (QED) is 0.939. The summed E-state index contributed by atoms with van der Waals surface area (Å²) in [6, 6.07) is 8.80. The van der Waals surface area contributed by atoms with E-state index in [1.54, 1.807) is 0 Å². The lowest BCUT2D eigenvalue weighted by Crippen LogP contribution is -2.42. The fraction of sp³-hybridized carbons (Fsp3) is 0.550. The molecule has 1 aromatic carbocycles. The number of aromatic nitrogens is 1. The van der Waals surface area contributed by atoms with Crippen molar-refractivity contribution in [3.63, 3.8) is 0 Å². The molecular weight excluding hydrogens is 300 g/mol. The van der Waals surface area contributed by atoms with E-state index < -0.39 is 0 Å². The Labute approximate surface area is 143 Å². The molecule has 4 nitrogen and oxygen atoms in total. The average molecular weight is 326 g/mol. The molecule has 128 valence electrons. The largest absolute Gasteiger partial charge is 0.396 e. The van der Waals surface area contributed by atoms with Crippen LogP contribution in [0.1, 0.15) is 38.2 Å². The number of carbonyl (C=O) groups is 1. The highest BCUT2D eigenvalue weighted by Crippen LogP contribution is 2.51. The van der Waals surface area contributed by atoms with E-state index in [0.717, 1.165) is 31.2 Å². The first kappa shape index (κ1) is 15.7. The van der Waals surface area contributed by atoms with Gasteiger partial charge in [-0.1, -0.05) is 25.1 Å². The number of hydrogen-bond acceptors (Lipinski definition) is 2. The number of para-hydroxylation sites is 1. The minimum absolute atomic E-state index is 0.0721. The smallest absolute Gasteiger partial charge is 0.227 e. The molecule has 0 unspecified atom stereocenters. The van der Waals surface area contributed by atoms with Gasteiger partial charge in [0.15, 0.2) is 0 Å². The van der Waals surface area contributed by atoms with Crippen LogP contribution < -0.4 is 0 Å². The van der Waals surface area contributed by atoms with E-state index in [1.165, 1.54) is 10.9 Å². The molecule has 3 heterocycles. The number of rotatable bonds is 4. The Morgan fingerprint density at radius 2 is 2.12 bits per heavy atom. The Balaban J connectivity index is 1.61. The summed E-state index contributed by atoms with van der Waals surface area (Å²) < 4.78 is 2.10. The van der Waals surface area contributed by atoms with Gasteiger partial charge in [0, 0.05) is 41.6 Å². The maximum atomic E-state index is 13.1. The van der Waals surface area contributed by atoms with Crippen molar-refractivity contribution < 1.29 is 9.90 Å². The summed E-state index contributed by atoms with van der Waals surface area (Å²) >= 11 is 0. The topological polar surface area (TPSA) is 45.5 Å². The lowest BCUT2D eigenvalue weighted by atomic mass is 9.72. The van der Waals surface area contributed by atoms with E-state index in [9.17, 15) is 9.90 Å². The van der Waals surface area contributed by atoms with Crippen LogP contribution in [0.4, 0.5) is 0 Å². The van der Waals surface area contributed by atoms with Gasteiger partial charge in [-0.05, 0) is 37.3 Å². The third-order valence-electron chi connectivity index (χ3n) is 6.48. The Kier molecular flexibility index (Phi) is 3.68. The van der Waals surface area contributed by atoms with Crippen molar-refractivity contribution in [2.75, 3.05) is 6.61 Å². The van der Waals surface area contributed by atoms with Gasteiger partial charge < -0.3 is 14.6 Å². The van der Waals surface area contributed by atoms with Gasteiger partial charge in [0.25, 0.3) is 0 Å². The SMILES string of the molecule is CC[C@@]1(CO)C[C@@H]2CC[C@H]1N2C(=O)Cc1cn(C)c2ccccc12. The molecule has 1 N–H and O–H groups in total. The number of aliphatic hydroxyl groups excluding tert-OH is 1. The van der Waals surface area contributed by atoms with Gasteiger partial charge in [-0.25, -0.2) is 0 Å². The lowest BCUT2D eigenvalue weighted by Gasteiger charge is -2.34. The van der Waals surface area contributed by atoms with Crippen molar-refractivity contribution in [3.8, 4) is 0 Å². The standard InChI is InChI=1S/C20H26N2O2/c1-3-20(13-23)11-15-8-9-18(20)22(15)19(24)10-14-12-21(2)17-7-5-4-6-16(14)17/h4-7,12,15,18,23H,3,8-11,13H2,1-2H3/t15-,18+,20-/m0/s1. The van der Waals surface area contributed by atoms with Crippen molar-refractivity contribution in [1.82, 2.24) is 9.47 Å². The van der Waals surface area contributed by atoms with Crippen molar-refractivity contribution in [2.45, 2.75) is 51.1 Å². The second kappa shape index (κ2) is 5.62. The number of nitrogens with zero attached hydrogens (tertiary/aromatic N) is 2. The summed E-state index contributed by atoms with van der Waals surface area (Å²) in [5, 5.41) is 11.1. The Morgan fingerprint density at radius 3 is 2.83 bits per heavy atom. The number of aryl methyl sites for hydroxylation is 1. The summed E-state index contributed by atoms with van der Waals surface area (Å²) in [5.41, 5.74) is 2.20. The van der Waals surface area contributed by atoms with E-state index in [0.29, 0.717) is 12.5 Å². The normalized spacial score (nSPS) is 28.9. The number of benzene rings is 1. The third-order valence-corrected chi connectivity index (χ3v) is 6.48. The first-order valence-electron chi connectivity index (χ1n) is 9.04. The predicted octanol–water partition coefficient (Wildman–Crippen LogP) is 2.87. The number of hydrogen-bond donors (Lipinski definition) is 1. The maximum Gasteiger partial charge on any atom is 0.227 e. The fourth-order valence-corrected chi connectivity index (χ4v) is 5.15. The molecule has 4 rings (SSSR count).